The molecule has 2 aromatic rings. The Morgan fingerprint density at radius 2 is 1.52 bits per heavy atom. The minimum absolute atomic E-state index is 0.795. The van der Waals surface area contributed by atoms with Crippen LogP contribution in [0.25, 0.3) is 11.1 Å². The predicted octanol–water partition coefficient (Wildman–Crippen LogP) is 4.51. The van der Waals surface area contributed by atoms with Crippen LogP contribution in [0, 0.1) is 0 Å². The van der Waals surface area contributed by atoms with Gasteiger partial charge < -0.3 is 10.1 Å². The minimum Gasteiger partial charge on any atom is -0.493 e. The van der Waals surface area contributed by atoms with Gasteiger partial charge in [0, 0.05) is 5.56 Å². The van der Waals surface area contributed by atoms with Crippen molar-refractivity contribution >= 4 is 0 Å². The van der Waals surface area contributed by atoms with E-state index >= 15 is 0 Å². The van der Waals surface area contributed by atoms with E-state index < -0.39 is 0 Å². The standard InChI is InChI=1S/C19H25NO/c1-20-15-9-2-3-10-16-21-19-14-8-7-13-18(19)17-11-5-4-6-12-17/h4-8,11-14,20H,2-3,9-10,15-16H2,1H3. The van der Waals surface area contributed by atoms with Crippen LogP contribution in [0.2, 0.25) is 0 Å². The topological polar surface area (TPSA) is 21.3 Å². The van der Waals surface area contributed by atoms with E-state index in [0.717, 1.165) is 25.3 Å². The van der Waals surface area contributed by atoms with E-state index in [0.29, 0.717) is 0 Å². The Bertz CT molecular complexity index is 510. The predicted molar refractivity (Wildman–Crippen MR) is 89.8 cm³/mol. The lowest BCUT2D eigenvalue weighted by molar-refractivity contribution is 0.306. The number of rotatable bonds is 9. The normalized spacial score (nSPS) is 10.5. The molecule has 0 saturated carbocycles. The fourth-order valence-corrected chi connectivity index (χ4v) is 2.39. The molecule has 0 fully saturated rings. The number of hydrogen-bond donors (Lipinski definition) is 1. The van der Waals surface area contributed by atoms with Gasteiger partial charge in [-0.1, -0.05) is 61.4 Å². The van der Waals surface area contributed by atoms with Gasteiger partial charge in [0.15, 0.2) is 0 Å². The van der Waals surface area contributed by atoms with Crippen LogP contribution in [0.3, 0.4) is 0 Å². The van der Waals surface area contributed by atoms with Crippen LogP contribution in [-0.2, 0) is 0 Å². The first-order chi connectivity index (χ1) is 10.4. The van der Waals surface area contributed by atoms with Crippen molar-refractivity contribution in [3.05, 3.63) is 54.6 Å². The van der Waals surface area contributed by atoms with Crippen molar-refractivity contribution in [2.24, 2.45) is 0 Å². The zero-order chi connectivity index (χ0) is 14.8. The monoisotopic (exact) mass is 283 g/mol. The molecule has 0 aromatic heterocycles. The summed E-state index contributed by atoms with van der Waals surface area (Å²) < 4.78 is 5.98. The molecular formula is C19H25NO. The molecule has 0 radical (unpaired) electrons. The number of nitrogens with one attached hydrogen (secondary N) is 1. The average molecular weight is 283 g/mol. The molecule has 0 aliphatic heterocycles. The maximum absolute atomic E-state index is 5.98. The molecular weight excluding hydrogens is 258 g/mol. The molecule has 0 aliphatic carbocycles. The first-order valence-electron chi connectivity index (χ1n) is 7.83. The van der Waals surface area contributed by atoms with Gasteiger partial charge in [0.05, 0.1) is 6.61 Å². The largest absolute Gasteiger partial charge is 0.493 e. The third-order valence-electron chi connectivity index (χ3n) is 3.55. The Balaban J connectivity index is 1.84. The second-order valence-electron chi connectivity index (χ2n) is 5.23. The van der Waals surface area contributed by atoms with Gasteiger partial charge in [-0.05, 0) is 38.1 Å². The summed E-state index contributed by atoms with van der Waals surface area (Å²) in [5, 5.41) is 3.18. The second-order valence-corrected chi connectivity index (χ2v) is 5.23. The molecule has 0 spiro atoms. The third kappa shape index (κ3) is 5.24. The van der Waals surface area contributed by atoms with E-state index in [-0.39, 0.29) is 0 Å². The van der Waals surface area contributed by atoms with Crippen LogP contribution in [-0.4, -0.2) is 20.2 Å². The molecule has 0 atom stereocenters. The first kappa shape index (κ1) is 15.6. The molecule has 0 saturated heterocycles. The fraction of sp³-hybridized carbons (Fsp3) is 0.368. The van der Waals surface area contributed by atoms with Crippen LogP contribution < -0.4 is 10.1 Å². The summed E-state index contributed by atoms with van der Waals surface area (Å²) in [6.45, 7) is 1.90. The van der Waals surface area contributed by atoms with Crippen molar-refractivity contribution in [3.63, 3.8) is 0 Å². The van der Waals surface area contributed by atoms with E-state index in [9.17, 15) is 0 Å². The molecule has 0 aliphatic rings. The maximum atomic E-state index is 5.98. The summed E-state index contributed by atoms with van der Waals surface area (Å²) in [7, 11) is 2.00. The zero-order valence-corrected chi connectivity index (χ0v) is 12.8. The van der Waals surface area contributed by atoms with E-state index in [2.05, 4.69) is 47.8 Å². The van der Waals surface area contributed by atoms with E-state index in [4.69, 9.17) is 4.74 Å². The van der Waals surface area contributed by atoms with Crippen molar-refractivity contribution in [1.29, 1.82) is 0 Å². The molecule has 1 N–H and O–H groups in total. The number of ether oxygens (including phenoxy) is 1. The van der Waals surface area contributed by atoms with Gasteiger partial charge in [-0.3, -0.25) is 0 Å². The average Bonchev–Trinajstić information content (AvgIpc) is 2.55. The highest BCUT2D eigenvalue weighted by atomic mass is 16.5. The van der Waals surface area contributed by atoms with Crippen LogP contribution in [0.5, 0.6) is 5.75 Å². The Morgan fingerprint density at radius 3 is 2.33 bits per heavy atom. The van der Waals surface area contributed by atoms with Crippen molar-refractivity contribution in [2.45, 2.75) is 25.7 Å². The molecule has 21 heavy (non-hydrogen) atoms. The Morgan fingerprint density at radius 1 is 0.810 bits per heavy atom. The minimum atomic E-state index is 0.795. The smallest absolute Gasteiger partial charge is 0.127 e. The molecule has 2 nitrogen and oxygen atoms in total. The fourth-order valence-electron chi connectivity index (χ4n) is 2.39. The molecule has 2 rings (SSSR count). The number of para-hydroxylation sites is 1. The van der Waals surface area contributed by atoms with Gasteiger partial charge in [0.2, 0.25) is 0 Å². The molecule has 0 bridgehead atoms. The molecule has 2 aromatic carbocycles. The van der Waals surface area contributed by atoms with Gasteiger partial charge in [-0.25, -0.2) is 0 Å². The summed E-state index contributed by atoms with van der Waals surface area (Å²) in [5.41, 5.74) is 2.38. The van der Waals surface area contributed by atoms with Crippen LogP contribution in [0.4, 0.5) is 0 Å². The van der Waals surface area contributed by atoms with E-state index in [1.807, 2.05) is 19.2 Å². The molecule has 112 valence electrons. The van der Waals surface area contributed by atoms with Gasteiger partial charge >= 0.3 is 0 Å². The molecule has 0 amide bonds. The van der Waals surface area contributed by atoms with Crippen molar-refractivity contribution in [1.82, 2.24) is 5.32 Å². The van der Waals surface area contributed by atoms with Crippen molar-refractivity contribution in [3.8, 4) is 16.9 Å². The van der Waals surface area contributed by atoms with E-state index in [1.54, 1.807) is 0 Å². The Labute approximate surface area is 128 Å². The van der Waals surface area contributed by atoms with Gasteiger partial charge in [-0.2, -0.15) is 0 Å². The van der Waals surface area contributed by atoms with Gasteiger partial charge in [-0.15, -0.1) is 0 Å². The summed E-state index contributed by atoms with van der Waals surface area (Å²) in [6.07, 6.45) is 4.86. The summed E-state index contributed by atoms with van der Waals surface area (Å²) in [6, 6.07) is 18.7. The quantitative estimate of drug-likeness (QED) is 0.684. The van der Waals surface area contributed by atoms with Crippen molar-refractivity contribution in [2.75, 3.05) is 20.2 Å². The summed E-state index contributed by atoms with van der Waals surface area (Å²) in [5.74, 6) is 0.985. The highest BCUT2D eigenvalue weighted by Crippen LogP contribution is 2.29. The number of benzene rings is 2. The lowest BCUT2D eigenvalue weighted by Gasteiger charge is -2.11. The van der Waals surface area contributed by atoms with Crippen molar-refractivity contribution < 1.29 is 4.74 Å². The molecule has 2 heteroatoms. The van der Waals surface area contributed by atoms with Gasteiger partial charge in [0.25, 0.3) is 0 Å². The lowest BCUT2D eigenvalue weighted by Crippen LogP contribution is -2.07. The van der Waals surface area contributed by atoms with Crippen LogP contribution in [0.15, 0.2) is 54.6 Å². The maximum Gasteiger partial charge on any atom is 0.127 e. The third-order valence-corrected chi connectivity index (χ3v) is 3.55. The Kier molecular flexibility index (Phi) is 6.82. The lowest BCUT2D eigenvalue weighted by atomic mass is 10.1. The SMILES string of the molecule is CNCCCCCCOc1ccccc1-c1ccccc1. The van der Waals surface area contributed by atoms with Crippen LogP contribution >= 0.6 is 0 Å². The Hall–Kier alpha value is -1.80. The molecule has 0 unspecified atom stereocenters. The van der Waals surface area contributed by atoms with Gasteiger partial charge in [0.1, 0.15) is 5.75 Å². The highest BCUT2D eigenvalue weighted by Gasteiger charge is 2.04. The number of hydrogen-bond acceptors (Lipinski definition) is 2. The second kappa shape index (κ2) is 9.19. The summed E-state index contributed by atoms with van der Waals surface area (Å²) in [4.78, 5) is 0. The summed E-state index contributed by atoms with van der Waals surface area (Å²) >= 11 is 0. The molecule has 0 heterocycles. The number of unbranched alkanes of at least 4 members (excludes halogenated alkanes) is 3. The van der Waals surface area contributed by atoms with E-state index in [1.165, 1.54) is 30.4 Å². The highest BCUT2D eigenvalue weighted by molar-refractivity contribution is 5.70. The zero-order valence-electron chi connectivity index (χ0n) is 12.8. The first-order valence-corrected chi connectivity index (χ1v) is 7.83. The van der Waals surface area contributed by atoms with Crippen LogP contribution in [0.1, 0.15) is 25.7 Å².